The van der Waals surface area contributed by atoms with Crippen LogP contribution in [0.25, 0.3) is 0 Å². The van der Waals surface area contributed by atoms with Crippen molar-refractivity contribution in [1.82, 2.24) is 10.2 Å². The Hall–Kier alpha value is -3.93. The molecule has 36 heavy (non-hydrogen) atoms. The van der Waals surface area contributed by atoms with Crippen LogP contribution in [-0.4, -0.2) is 35.2 Å². The van der Waals surface area contributed by atoms with Crippen LogP contribution in [0.4, 0.5) is 5.69 Å². The molecule has 2 atom stereocenters. The van der Waals surface area contributed by atoms with Crippen LogP contribution in [0.15, 0.2) is 66.7 Å². The van der Waals surface area contributed by atoms with E-state index >= 15 is 0 Å². The first-order valence-corrected chi connectivity index (χ1v) is 12.5. The number of para-hydroxylation sites is 1. The van der Waals surface area contributed by atoms with Crippen molar-refractivity contribution < 1.29 is 14.4 Å². The monoisotopic (exact) mass is 481 g/mol. The summed E-state index contributed by atoms with van der Waals surface area (Å²) < 4.78 is 0. The molecule has 1 fully saturated rings. The number of amides is 3. The summed E-state index contributed by atoms with van der Waals surface area (Å²) in [6, 6.07) is 20.3. The zero-order valence-corrected chi connectivity index (χ0v) is 21.0. The van der Waals surface area contributed by atoms with Gasteiger partial charge in [-0.3, -0.25) is 14.4 Å². The van der Waals surface area contributed by atoms with Crippen molar-refractivity contribution >= 4 is 23.4 Å². The first-order valence-electron chi connectivity index (χ1n) is 12.5. The number of nitrogens with one attached hydrogen (secondary N) is 1. The molecule has 5 rings (SSSR count). The average Bonchev–Trinajstić information content (AvgIpc) is 3.36. The average molecular weight is 482 g/mol. The van der Waals surface area contributed by atoms with Crippen LogP contribution in [0, 0.1) is 13.8 Å². The lowest BCUT2D eigenvalue weighted by molar-refractivity contribution is -0.122. The summed E-state index contributed by atoms with van der Waals surface area (Å²) in [4.78, 5) is 43.2. The molecule has 3 aromatic rings. The van der Waals surface area contributed by atoms with E-state index in [2.05, 4.69) is 31.3 Å². The molecule has 0 bridgehead atoms. The number of carbonyl (C=O) groups excluding carboxylic acids is 3. The van der Waals surface area contributed by atoms with E-state index in [1.165, 1.54) is 11.1 Å². The van der Waals surface area contributed by atoms with Gasteiger partial charge < -0.3 is 15.1 Å². The highest BCUT2D eigenvalue weighted by molar-refractivity contribution is 6.11. The zero-order valence-electron chi connectivity index (χ0n) is 21.0. The molecular formula is C30H31N3O3. The van der Waals surface area contributed by atoms with Crippen molar-refractivity contribution in [2.45, 2.75) is 52.2 Å². The quantitative estimate of drug-likeness (QED) is 0.561. The van der Waals surface area contributed by atoms with E-state index < -0.39 is 6.04 Å². The second-order valence-corrected chi connectivity index (χ2v) is 9.84. The summed E-state index contributed by atoms with van der Waals surface area (Å²) in [5, 5.41) is 3.09. The van der Waals surface area contributed by atoms with Gasteiger partial charge >= 0.3 is 0 Å². The largest absolute Gasteiger partial charge is 0.346 e. The van der Waals surface area contributed by atoms with Gasteiger partial charge in [0.05, 0.1) is 23.8 Å². The Balaban J connectivity index is 1.39. The van der Waals surface area contributed by atoms with Crippen LogP contribution in [0.1, 0.15) is 68.8 Å². The zero-order chi connectivity index (χ0) is 25.4. The molecule has 0 saturated carbocycles. The summed E-state index contributed by atoms with van der Waals surface area (Å²) >= 11 is 0. The lowest BCUT2D eigenvalue weighted by atomic mass is 10.0. The first-order chi connectivity index (χ1) is 17.3. The third-order valence-corrected chi connectivity index (χ3v) is 7.40. The summed E-state index contributed by atoms with van der Waals surface area (Å²) in [5.74, 6) is -0.316. The Kier molecular flexibility index (Phi) is 6.35. The van der Waals surface area contributed by atoms with Crippen molar-refractivity contribution in [3.63, 3.8) is 0 Å². The molecule has 1 N–H and O–H groups in total. The van der Waals surface area contributed by atoms with E-state index in [0.29, 0.717) is 36.3 Å². The van der Waals surface area contributed by atoms with Crippen LogP contribution in [0.5, 0.6) is 0 Å². The molecule has 6 heteroatoms. The molecule has 2 aliphatic heterocycles. The third-order valence-electron chi connectivity index (χ3n) is 7.40. The van der Waals surface area contributed by atoms with Crippen molar-refractivity contribution in [2.75, 3.05) is 11.4 Å². The number of fused-ring (bicyclic) bond motifs is 2. The molecule has 6 nitrogen and oxygen atoms in total. The highest BCUT2D eigenvalue weighted by Crippen LogP contribution is 2.33. The molecule has 0 unspecified atom stereocenters. The second-order valence-electron chi connectivity index (χ2n) is 9.84. The topological polar surface area (TPSA) is 69.7 Å². The third kappa shape index (κ3) is 4.39. The molecule has 184 valence electrons. The lowest BCUT2D eigenvalue weighted by Gasteiger charge is -2.26. The van der Waals surface area contributed by atoms with Crippen molar-refractivity contribution in [1.29, 1.82) is 0 Å². The van der Waals surface area contributed by atoms with Gasteiger partial charge in [-0.2, -0.15) is 0 Å². The van der Waals surface area contributed by atoms with Gasteiger partial charge in [-0.1, -0.05) is 42.5 Å². The van der Waals surface area contributed by atoms with E-state index in [1.807, 2.05) is 49.4 Å². The molecule has 0 aliphatic carbocycles. The number of rotatable bonds is 5. The number of benzene rings is 3. The number of nitrogens with zero attached hydrogens (tertiary/aromatic N) is 2. The fourth-order valence-corrected chi connectivity index (χ4v) is 5.16. The number of carbonyl (C=O) groups is 3. The van der Waals surface area contributed by atoms with E-state index in [1.54, 1.807) is 21.9 Å². The van der Waals surface area contributed by atoms with Crippen LogP contribution < -0.4 is 10.2 Å². The molecule has 1 saturated heterocycles. The molecule has 0 spiro atoms. The second kappa shape index (κ2) is 9.61. The SMILES string of the molecule is Cc1ccc([C@H](C)NC(=O)c2cccc(CN3C(=O)[C@@H]4CCCN4C(=O)c4ccccc43)c2)cc1C. The van der Waals surface area contributed by atoms with Crippen molar-refractivity contribution in [3.05, 3.63) is 100 Å². The minimum atomic E-state index is -0.435. The number of hydrogen-bond acceptors (Lipinski definition) is 3. The standard InChI is InChI=1S/C30H31N3O3/c1-19-13-14-23(16-20(19)2)21(3)31-28(34)24-9-6-8-22(17-24)18-33-26-11-5-4-10-25(26)29(35)32-15-7-12-27(32)30(33)36/h4-6,8-11,13-14,16-17,21,27H,7,12,15,18H2,1-3H3,(H,31,34)/t21-,27-/m0/s1. The Morgan fingerprint density at radius 2 is 1.81 bits per heavy atom. The summed E-state index contributed by atoms with van der Waals surface area (Å²) in [5.41, 5.74) is 6.02. The van der Waals surface area contributed by atoms with Crippen LogP contribution in [-0.2, 0) is 11.3 Å². The number of hydrogen-bond donors (Lipinski definition) is 1. The van der Waals surface area contributed by atoms with E-state index in [-0.39, 0.29) is 23.8 Å². The number of anilines is 1. The molecule has 0 radical (unpaired) electrons. The van der Waals surface area contributed by atoms with Gasteiger partial charge in [0.25, 0.3) is 11.8 Å². The van der Waals surface area contributed by atoms with Gasteiger partial charge in [0.2, 0.25) is 5.91 Å². The maximum atomic E-state index is 13.6. The van der Waals surface area contributed by atoms with Gasteiger partial charge in [-0.15, -0.1) is 0 Å². The highest BCUT2D eigenvalue weighted by Gasteiger charge is 2.41. The van der Waals surface area contributed by atoms with Crippen LogP contribution >= 0.6 is 0 Å². The maximum absolute atomic E-state index is 13.6. The Morgan fingerprint density at radius 3 is 2.61 bits per heavy atom. The lowest BCUT2D eigenvalue weighted by Crippen LogP contribution is -2.44. The van der Waals surface area contributed by atoms with Crippen LogP contribution in [0.3, 0.4) is 0 Å². The Bertz CT molecular complexity index is 1350. The summed E-state index contributed by atoms with van der Waals surface area (Å²) in [6.45, 7) is 7.01. The van der Waals surface area contributed by atoms with Gasteiger partial charge in [0, 0.05) is 12.1 Å². The molecule has 2 heterocycles. The molecule has 2 aliphatic rings. The first kappa shape index (κ1) is 23.8. The Labute approximate surface area is 211 Å². The van der Waals surface area contributed by atoms with Crippen molar-refractivity contribution in [3.8, 4) is 0 Å². The van der Waals surface area contributed by atoms with E-state index in [4.69, 9.17) is 0 Å². The summed E-state index contributed by atoms with van der Waals surface area (Å²) in [6.07, 6.45) is 1.50. The smallest absolute Gasteiger partial charge is 0.256 e. The van der Waals surface area contributed by atoms with E-state index in [9.17, 15) is 14.4 Å². The van der Waals surface area contributed by atoms with Gasteiger partial charge in [0.15, 0.2) is 0 Å². The molecule has 0 aromatic heterocycles. The predicted molar refractivity (Wildman–Crippen MR) is 140 cm³/mol. The minimum absolute atomic E-state index is 0.0657. The van der Waals surface area contributed by atoms with Gasteiger partial charge in [0.1, 0.15) is 6.04 Å². The molecule has 3 aromatic carbocycles. The molecule has 3 amide bonds. The van der Waals surface area contributed by atoms with Crippen LogP contribution in [0.2, 0.25) is 0 Å². The fraction of sp³-hybridized carbons (Fsp3) is 0.300. The Morgan fingerprint density at radius 1 is 1.00 bits per heavy atom. The normalized spacial score (nSPS) is 17.9. The fourth-order valence-electron chi connectivity index (χ4n) is 5.16. The predicted octanol–water partition coefficient (Wildman–Crippen LogP) is 4.95. The van der Waals surface area contributed by atoms with E-state index in [0.717, 1.165) is 17.5 Å². The number of aryl methyl sites for hydroxylation is 2. The summed E-state index contributed by atoms with van der Waals surface area (Å²) in [7, 11) is 0. The van der Waals surface area contributed by atoms with Gasteiger partial charge in [-0.25, -0.2) is 0 Å². The molecular weight excluding hydrogens is 450 g/mol. The van der Waals surface area contributed by atoms with Gasteiger partial charge in [-0.05, 0) is 80.1 Å². The minimum Gasteiger partial charge on any atom is -0.346 e. The van der Waals surface area contributed by atoms with Crippen molar-refractivity contribution in [2.24, 2.45) is 0 Å². The maximum Gasteiger partial charge on any atom is 0.256 e. The highest BCUT2D eigenvalue weighted by atomic mass is 16.2.